The molecular formula is C19H24N2O3S. The van der Waals surface area contributed by atoms with Crippen molar-refractivity contribution in [2.75, 3.05) is 0 Å². The van der Waals surface area contributed by atoms with Gasteiger partial charge < -0.3 is 10.4 Å². The van der Waals surface area contributed by atoms with Crippen LogP contribution in [-0.4, -0.2) is 27.5 Å². The smallest absolute Gasteiger partial charge is 0.329 e. The van der Waals surface area contributed by atoms with Crippen molar-refractivity contribution in [1.82, 2.24) is 10.3 Å². The van der Waals surface area contributed by atoms with E-state index in [1.54, 1.807) is 11.3 Å². The summed E-state index contributed by atoms with van der Waals surface area (Å²) < 4.78 is 1.16. The molecule has 1 heterocycles. The highest BCUT2D eigenvalue weighted by Gasteiger charge is 2.39. The molecule has 3 rings (SSSR count). The number of carboxylic acids is 1. The molecule has 6 heteroatoms. The van der Waals surface area contributed by atoms with E-state index < -0.39 is 11.5 Å². The van der Waals surface area contributed by atoms with Gasteiger partial charge in [-0.2, -0.15) is 0 Å². The van der Waals surface area contributed by atoms with E-state index in [1.165, 1.54) is 0 Å². The fourth-order valence-electron chi connectivity index (χ4n) is 3.48. The molecule has 0 radical (unpaired) electrons. The quantitative estimate of drug-likeness (QED) is 0.766. The molecule has 1 aliphatic carbocycles. The molecule has 1 amide bonds. The summed E-state index contributed by atoms with van der Waals surface area (Å²) in [5.74, 6) is -1.06. The van der Waals surface area contributed by atoms with Gasteiger partial charge in [-0.1, -0.05) is 37.8 Å². The number of aromatic nitrogens is 1. The first-order chi connectivity index (χ1) is 12.1. The van der Waals surface area contributed by atoms with Gasteiger partial charge in [0, 0.05) is 6.42 Å². The molecule has 0 saturated heterocycles. The Morgan fingerprint density at radius 2 is 1.88 bits per heavy atom. The van der Waals surface area contributed by atoms with Crippen LogP contribution in [0.15, 0.2) is 24.3 Å². The minimum absolute atomic E-state index is 0.162. The van der Waals surface area contributed by atoms with Crippen LogP contribution in [-0.2, 0) is 16.0 Å². The molecule has 134 valence electrons. The number of amides is 1. The number of carbonyl (C=O) groups excluding carboxylic acids is 1. The second kappa shape index (κ2) is 7.95. The van der Waals surface area contributed by atoms with E-state index in [9.17, 15) is 14.7 Å². The van der Waals surface area contributed by atoms with Crippen LogP contribution in [0.5, 0.6) is 0 Å². The van der Waals surface area contributed by atoms with Gasteiger partial charge in [0.2, 0.25) is 5.91 Å². The Bertz CT molecular complexity index is 715. The molecule has 1 aromatic carbocycles. The Morgan fingerprint density at radius 1 is 1.16 bits per heavy atom. The Morgan fingerprint density at radius 3 is 2.56 bits per heavy atom. The number of hydrogen-bond donors (Lipinski definition) is 2. The fourth-order valence-corrected chi connectivity index (χ4v) is 4.49. The first-order valence-electron chi connectivity index (χ1n) is 8.98. The molecule has 1 aliphatic rings. The lowest BCUT2D eigenvalue weighted by atomic mass is 9.90. The number of thiazole rings is 1. The summed E-state index contributed by atoms with van der Waals surface area (Å²) in [6.07, 6.45) is 6.64. The minimum atomic E-state index is -1.07. The zero-order valence-corrected chi connectivity index (χ0v) is 15.1. The number of benzene rings is 1. The minimum Gasteiger partial charge on any atom is -0.480 e. The van der Waals surface area contributed by atoms with Gasteiger partial charge in [0.25, 0.3) is 0 Å². The molecule has 0 spiro atoms. The molecule has 2 N–H and O–H groups in total. The zero-order chi connectivity index (χ0) is 17.7. The number of aliphatic carboxylic acids is 1. The summed E-state index contributed by atoms with van der Waals surface area (Å²) in [5.41, 5.74) is -0.0704. The molecule has 0 aliphatic heterocycles. The molecule has 0 unspecified atom stereocenters. The third-order valence-electron chi connectivity index (χ3n) is 4.88. The van der Waals surface area contributed by atoms with Crippen LogP contribution in [0.25, 0.3) is 10.2 Å². The van der Waals surface area contributed by atoms with Crippen molar-refractivity contribution in [3.05, 3.63) is 29.3 Å². The highest BCUT2D eigenvalue weighted by molar-refractivity contribution is 7.18. The number of rotatable bonds is 6. The van der Waals surface area contributed by atoms with E-state index in [4.69, 9.17) is 0 Å². The predicted molar refractivity (Wildman–Crippen MR) is 98.8 cm³/mol. The normalized spacial score (nSPS) is 17.1. The molecular weight excluding hydrogens is 336 g/mol. The van der Waals surface area contributed by atoms with Gasteiger partial charge in [-0.05, 0) is 37.8 Å². The first kappa shape index (κ1) is 17.9. The van der Waals surface area contributed by atoms with Crippen molar-refractivity contribution in [3.8, 4) is 0 Å². The van der Waals surface area contributed by atoms with Gasteiger partial charge in [-0.25, -0.2) is 9.78 Å². The number of fused-ring (bicyclic) bond motifs is 1. The summed E-state index contributed by atoms with van der Waals surface area (Å²) in [4.78, 5) is 28.6. The van der Waals surface area contributed by atoms with Gasteiger partial charge in [0.05, 0.1) is 15.2 Å². The van der Waals surface area contributed by atoms with Crippen LogP contribution in [0.3, 0.4) is 0 Å². The fraction of sp³-hybridized carbons (Fsp3) is 0.526. The average molecular weight is 360 g/mol. The monoisotopic (exact) mass is 360 g/mol. The number of aryl methyl sites for hydroxylation is 1. The topological polar surface area (TPSA) is 79.3 Å². The van der Waals surface area contributed by atoms with Crippen molar-refractivity contribution in [2.45, 2.75) is 63.3 Å². The van der Waals surface area contributed by atoms with Crippen molar-refractivity contribution < 1.29 is 14.7 Å². The average Bonchev–Trinajstić information content (AvgIpc) is 2.84. The van der Waals surface area contributed by atoms with Crippen molar-refractivity contribution >= 4 is 33.4 Å². The third-order valence-corrected chi connectivity index (χ3v) is 5.97. The van der Waals surface area contributed by atoms with E-state index in [0.717, 1.165) is 47.3 Å². The van der Waals surface area contributed by atoms with E-state index in [2.05, 4.69) is 10.3 Å². The standard InChI is InChI=1S/C19H24N2O3S/c22-16(21-19(18(23)24)12-5-1-2-6-13-19)10-7-11-17-20-14-8-3-4-9-15(14)25-17/h3-4,8-9H,1-2,5-7,10-13H2,(H,21,22)(H,23,24). The number of carbonyl (C=O) groups is 2. The maximum absolute atomic E-state index is 12.3. The van der Waals surface area contributed by atoms with E-state index in [-0.39, 0.29) is 5.91 Å². The Kier molecular flexibility index (Phi) is 5.68. The third kappa shape index (κ3) is 4.37. The Labute approximate surface area is 151 Å². The summed E-state index contributed by atoms with van der Waals surface area (Å²) in [6, 6.07) is 8.00. The molecule has 2 aromatic rings. The van der Waals surface area contributed by atoms with Crippen molar-refractivity contribution in [2.24, 2.45) is 0 Å². The number of nitrogens with one attached hydrogen (secondary N) is 1. The second-order valence-electron chi connectivity index (χ2n) is 6.78. The number of para-hydroxylation sites is 1. The van der Waals surface area contributed by atoms with E-state index in [1.807, 2.05) is 24.3 Å². The Balaban J connectivity index is 1.53. The molecule has 5 nitrogen and oxygen atoms in total. The maximum Gasteiger partial charge on any atom is 0.329 e. The Hall–Kier alpha value is -1.95. The molecule has 25 heavy (non-hydrogen) atoms. The summed E-state index contributed by atoms with van der Waals surface area (Å²) in [5, 5.41) is 13.5. The predicted octanol–water partition coefficient (Wildman–Crippen LogP) is 3.91. The number of carboxylic acid groups (broad SMARTS) is 1. The lowest BCUT2D eigenvalue weighted by Gasteiger charge is -2.29. The van der Waals surface area contributed by atoms with Crippen LogP contribution in [0.2, 0.25) is 0 Å². The lowest BCUT2D eigenvalue weighted by molar-refractivity contribution is -0.148. The summed E-state index contributed by atoms with van der Waals surface area (Å²) in [7, 11) is 0. The largest absolute Gasteiger partial charge is 0.480 e. The van der Waals surface area contributed by atoms with Gasteiger partial charge in [-0.3, -0.25) is 4.79 Å². The zero-order valence-electron chi connectivity index (χ0n) is 14.3. The summed E-state index contributed by atoms with van der Waals surface area (Å²) >= 11 is 1.65. The second-order valence-corrected chi connectivity index (χ2v) is 7.89. The highest BCUT2D eigenvalue weighted by atomic mass is 32.1. The van der Waals surface area contributed by atoms with Crippen LogP contribution < -0.4 is 5.32 Å². The molecule has 0 atom stereocenters. The van der Waals surface area contributed by atoms with Gasteiger partial charge in [0.1, 0.15) is 5.54 Å². The van der Waals surface area contributed by atoms with Crippen molar-refractivity contribution in [3.63, 3.8) is 0 Å². The number of hydrogen-bond acceptors (Lipinski definition) is 4. The lowest BCUT2D eigenvalue weighted by Crippen LogP contribution is -2.54. The number of nitrogens with zero attached hydrogens (tertiary/aromatic N) is 1. The van der Waals surface area contributed by atoms with Crippen molar-refractivity contribution in [1.29, 1.82) is 0 Å². The first-order valence-corrected chi connectivity index (χ1v) is 9.80. The summed E-state index contributed by atoms with van der Waals surface area (Å²) in [6.45, 7) is 0. The molecule has 1 aromatic heterocycles. The van der Waals surface area contributed by atoms with Gasteiger partial charge in [-0.15, -0.1) is 11.3 Å². The SMILES string of the molecule is O=C(CCCc1nc2ccccc2s1)NC1(C(=O)O)CCCCCC1. The van der Waals surface area contributed by atoms with Gasteiger partial charge in [0.15, 0.2) is 0 Å². The molecule has 1 fully saturated rings. The highest BCUT2D eigenvalue weighted by Crippen LogP contribution is 2.28. The van der Waals surface area contributed by atoms with Crippen LogP contribution in [0.1, 0.15) is 56.4 Å². The van der Waals surface area contributed by atoms with Crippen LogP contribution >= 0.6 is 11.3 Å². The van der Waals surface area contributed by atoms with E-state index >= 15 is 0 Å². The molecule has 1 saturated carbocycles. The maximum atomic E-state index is 12.3. The van der Waals surface area contributed by atoms with Gasteiger partial charge >= 0.3 is 5.97 Å². The van der Waals surface area contributed by atoms with Crippen LogP contribution in [0.4, 0.5) is 0 Å². The van der Waals surface area contributed by atoms with E-state index in [0.29, 0.717) is 25.7 Å². The molecule has 0 bridgehead atoms. The van der Waals surface area contributed by atoms with Crippen LogP contribution in [0, 0.1) is 0 Å².